The van der Waals surface area contributed by atoms with Crippen molar-refractivity contribution in [2.45, 2.75) is 181 Å². The Morgan fingerprint density at radius 3 is 1.26 bits per heavy atom. The molecule has 0 spiro atoms. The van der Waals surface area contributed by atoms with E-state index < -0.39 is 11.9 Å². The van der Waals surface area contributed by atoms with Crippen LogP contribution in [-0.4, -0.2) is 27.3 Å². The van der Waals surface area contributed by atoms with Gasteiger partial charge >= 0.3 is 11.9 Å². The van der Waals surface area contributed by atoms with E-state index in [2.05, 4.69) is 26.0 Å². The predicted octanol–water partition coefficient (Wildman–Crippen LogP) is 11.3. The molecule has 0 aromatic rings. The number of carboxylic acid groups (broad SMARTS) is 2. The number of aliphatic carboxylic acids is 2. The van der Waals surface area contributed by atoms with Crippen LogP contribution < -0.4 is 0 Å². The number of hydrogen-bond donors (Lipinski definition) is 3. The van der Waals surface area contributed by atoms with Crippen LogP contribution in [0.5, 0.6) is 0 Å². The minimum atomic E-state index is -0.691. The van der Waals surface area contributed by atoms with Crippen LogP contribution in [0.15, 0.2) is 24.0 Å². The van der Waals surface area contributed by atoms with Gasteiger partial charge in [-0.15, -0.1) is 0 Å². The summed E-state index contributed by atoms with van der Waals surface area (Å²) in [5.74, 6) is -0.825. The summed E-state index contributed by atoms with van der Waals surface area (Å²) in [6.07, 6.45) is 35.2. The molecule has 0 aromatic heterocycles. The third kappa shape index (κ3) is 40.9. The molecule has 230 valence electrons. The first-order valence-electron chi connectivity index (χ1n) is 16.4. The zero-order chi connectivity index (χ0) is 29.2. The summed E-state index contributed by atoms with van der Waals surface area (Å²) in [6, 6.07) is 0. The predicted molar refractivity (Wildman–Crippen MR) is 167 cm³/mol. The van der Waals surface area contributed by atoms with Crippen molar-refractivity contribution in [3.63, 3.8) is 0 Å². The Morgan fingerprint density at radius 1 is 0.462 bits per heavy atom. The van der Waals surface area contributed by atoms with Crippen molar-refractivity contribution in [1.82, 2.24) is 0 Å². The van der Waals surface area contributed by atoms with Gasteiger partial charge in [-0.1, -0.05) is 135 Å². The molecule has 0 amide bonds. The van der Waals surface area contributed by atoms with Gasteiger partial charge in [-0.3, -0.25) is 9.59 Å². The molecule has 0 bridgehead atoms. The molecule has 0 unspecified atom stereocenters. The Morgan fingerprint density at radius 2 is 0.821 bits per heavy atom. The lowest BCUT2D eigenvalue weighted by atomic mass is 10.0. The smallest absolute Gasteiger partial charge is 0.303 e. The molecule has 0 saturated heterocycles. The van der Waals surface area contributed by atoms with Gasteiger partial charge in [0.15, 0.2) is 0 Å². The van der Waals surface area contributed by atoms with Crippen molar-refractivity contribution in [3.8, 4) is 0 Å². The topological polar surface area (TPSA) is 94.8 Å². The Labute approximate surface area is 241 Å². The van der Waals surface area contributed by atoms with Crippen molar-refractivity contribution in [2.24, 2.45) is 0 Å². The van der Waals surface area contributed by atoms with Gasteiger partial charge in [-0.25, -0.2) is 0 Å². The van der Waals surface area contributed by atoms with Gasteiger partial charge in [0.25, 0.3) is 0 Å². The van der Waals surface area contributed by atoms with Gasteiger partial charge in [0.05, 0.1) is 5.76 Å². The monoisotopic (exact) mass is 552 g/mol. The fraction of sp³-hybridized carbons (Fsp3) is 0.824. The first kappa shape index (κ1) is 39.4. The molecule has 0 saturated carbocycles. The number of unbranched alkanes of at least 4 members (excludes halogenated alkanes) is 19. The summed E-state index contributed by atoms with van der Waals surface area (Å²) in [5.41, 5.74) is 0. The maximum atomic E-state index is 10.3. The largest absolute Gasteiger partial charge is 0.513 e. The fourth-order valence-corrected chi connectivity index (χ4v) is 4.44. The second-order valence-electron chi connectivity index (χ2n) is 10.9. The molecule has 39 heavy (non-hydrogen) atoms. The second-order valence-corrected chi connectivity index (χ2v) is 10.9. The Bertz CT molecular complexity index is 582. The molecule has 3 N–H and O–H groups in total. The van der Waals surface area contributed by atoms with E-state index in [1.54, 1.807) is 0 Å². The minimum Gasteiger partial charge on any atom is -0.513 e. The maximum absolute atomic E-state index is 10.3. The van der Waals surface area contributed by atoms with E-state index in [1.807, 2.05) is 6.08 Å². The molecule has 0 aromatic carbocycles. The van der Waals surface area contributed by atoms with Crippen LogP contribution in [0, 0.1) is 0 Å². The van der Waals surface area contributed by atoms with Gasteiger partial charge in [0.1, 0.15) is 0 Å². The van der Waals surface area contributed by atoms with Gasteiger partial charge in [-0.2, -0.15) is 0 Å². The van der Waals surface area contributed by atoms with Crippen LogP contribution in [-0.2, 0) is 9.59 Å². The zero-order valence-electron chi connectivity index (χ0n) is 25.8. The van der Waals surface area contributed by atoms with E-state index in [0.717, 1.165) is 64.2 Å². The maximum Gasteiger partial charge on any atom is 0.303 e. The molecule has 0 aliphatic rings. The number of aliphatic hydroxyl groups excluding tert-OH is 1. The highest BCUT2D eigenvalue weighted by Gasteiger charge is 1.98. The van der Waals surface area contributed by atoms with Crippen molar-refractivity contribution in [1.29, 1.82) is 0 Å². The SMILES string of the molecule is CCCCC/C(O)=C\C/C=C\CCCCCCCC(=O)O.CCCCCCCCCCCCCCCC(=O)O. The molecule has 0 rings (SSSR count). The molecule has 0 atom stereocenters. The average Bonchev–Trinajstić information content (AvgIpc) is 2.90. The van der Waals surface area contributed by atoms with Gasteiger partial charge in [-0.05, 0) is 44.6 Å². The van der Waals surface area contributed by atoms with Crippen LogP contribution in [0.1, 0.15) is 181 Å². The zero-order valence-corrected chi connectivity index (χ0v) is 25.8. The van der Waals surface area contributed by atoms with Gasteiger partial charge in [0.2, 0.25) is 0 Å². The summed E-state index contributed by atoms with van der Waals surface area (Å²) in [5, 5.41) is 26.6. The van der Waals surface area contributed by atoms with Crippen molar-refractivity contribution < 1.29 is 24.9 Å². The number of hydrogen-bond acceptors (Lipinski definition) is 3. The molecule has 0 fully saturated rings. The summed E-state index contributed by atoms with van der Waals surface area (Å²) < 4.78 is 0. The lowest BCUT2D eigenvalue weighted by Gasteiger charge is -2.02. The highest BCUT2D eigenvalue weighted by molar-refractivity contribution is 5.66. The molecule has 5 nitrogen and oxygen atoms in total. The number of allylic oxidation sites excluding steroid dienone is 4. The van der Waals surface area contributed by atoms with Gasteiger partial charge in [0, 0.05) is 19.3 Å². The average molecular weight is 553 g/mol. The van der Waals surface area contributed by atoms with Crippen molar-refractivity contribution >= 4 is 11.9 Å². The summed E-state index contributed by atoms with van der Waals surface area (Å²) in [6.45, 7) is 4.42. The van der Waals surface area contributed by atoms with Crippen molar-refractivity contribution in [3.05, 3.63) is 24.0 Å². The molecular weight excluding hydrogens is 488 g/mol. The number of carbonyl (C=O) groups is 2. The van der Waals surface area contributed by atoms with Crippen molar-refractivity contribution in [2.75, 3.05) is 0 Å². The Balaban J connectivity index is 0. The number of rotatable bonds is 28. The normalized spacial score (nSPS) is 11.5. The molecule has 0 heterocycles. The summed E-state index contributed by atoms with van der Waals surface area (Å²) >= 11 is 0. The lowest BCUT2D eigenvalue weighted by molar-refractivity contribution is -0.138. The van der Waals surface area contributed by atoms with E-state index in [1.165, 1.54) is 89.9 Å². The lowest BCUT2D eigenvalue weighted by Crippen LogP contribution is -1.93. The van der Waals surface area contributed by atoms with Crippen LogP contribution in [0.3, 0.4) is 0 Å². The Hall–Kier alpha value is -1.78. The summed E-state index contributed by atoms with van der Waals surface area (Å²) in [4.78, 5) is 20.6. The van der Waals surface area contributed by atoms with E-state index in [9.17, 15) is 14.7 Å². The van der Waals surface area contributed by atoms with Crippen LogP contribution >= 0.6 is 0 Å². The fourth-order valence-electron chi connectivity index (χ4n) is 4.44. The van der Waals surface area contributed by atoms with Crippen LogP contribution in [0.25, 0.3) is 0 Å². The molecule has 0 aliphatic carbocycles. The highest BCUT2D eigenvalue weighted by atomic mass is 16.4. The first-order valence-corrected chi connectivity index (χ1v) is 16.4. The second kappa shape index (κ2) is 34.2. The minimum absolute atomic E-state index is 0.300. The summed E-state index contributed by atoms with van der Waals surface area (Å²) in [7, 11) is 0. The van der Waals surface area contributed by atoms with Crippen LogP contribution in [0.2, 0.25) is 0 Å². The van der Waals surface area contributed by atoms with Crippen LogP contribution in [0.4, 0.5) is 0 Å². The van der Waals surface area contributed by atoms with E-state index in [4.69, 9.17) is 10.2 Å². The Kier molecular flexibility index (Phi) is 34.6. The molecule has 0 aliphatic heterocycles. The van der Waals surface area contributed by atoms with E-state index in [-0.39, 0.29) is 0 Å². The van der Waals surface area contributed by atoms with E-state index in [0.29, 0.717) is 18.6 Å². The highest BCUT2D eigenvalue weighted by Crippen LogP contribution is 2.13. The standard InChI is InChI=1S/C18H32O3.C16H32O2/c1-2-3-11-14-17(19)15-12-9-7-5-4-6-8-10-13-16-18(20)21;1-2-3-4-5-6-7-8-9-10-11-12-13-14-15-16(17)18/h7,9,15,19H,2-6,8,10-14,16H2,1H3,(H,20,21);2-15H2,1H3,(H,17,18)/b9-7-,17-15+;. The molecule has 5 heteroatoms. The number of aliphatic hydroxyl groups is 1. The third-order valence-electron chi connectivity index (χ3n) is 6.95. The van der Waals surface area contributed by atoms with Gasteiger partial charge < -0.3 is 15.3 Å². The van der Waals surface area contributed by atoms with E-state index >= 15 is 0 Å². The first-order chi connectivity index (χ1) is 18.9. The molecule has 0 radical (unpaired) electrons. The third-order valence-corrected chi connectivity index (χ3v) is 6.95. The quantitative estimate of drug-likeness (QED) is 0.0509. The molecular formula is C34H64O5. The number of carboxylic acids is 2.